The smallest absolute Gasteiger partial charge is 0.256 e. The van der Waals surface area contributed by atoms with Crippen molar-refractivity contribution in [1.29, 1.82) is 0 Å². The first-order valence-electron chi connectivity index (χ1n) is 6.03. The van der Waals surface area contributed by atoms with E-state index in [1.54, 1.807) is 0 Å². The third-order valence-corrected chi connectivity index (χ3v) is 3.77. The van der Waals surface area contributed by atoms with Crippen LogP contribution in [0.5, 0.6) is 0 Å². The van der Waals surface area contributed by atoms with Crippen molar-refractivity contribution in [3.8, 4) is 0 Å². The van der Waals surface area contributed by atoms with Gasteiger partial charge in [0.15, 0.2) is 0 Å². The van der Waals surface area contributed by atoms with Gasteiger partial charge in [-0.2, -0.15) is 11.3 Å². The highest BCUT2D eigenvalue weighted by Gasteiger charge is 2.11. The zero-order valence-electron chi connectivity index (χ0n) is 9.90. The Morgan fingerprint density at radius 3 is 3.11 bits per heavy atom. The maximum Gasteiger partial charge on any atom is 0.256 e. The van der Waals surface area contributed by atoms with Crippen LogP contribution >= 0.6 is 11.3 Å². The monoisotopic (exact) mass is 258 g/mol. The molecule has 3 rings (SSSR count). The SMILES string of the molecule is O=C(Nc1ccc2c(c1)CCCN2)c1ccsc1. The summed E-state index contributed by atoms with van der Waals surface area (Å²) in [5.41, 5.74) is 4.06. The van der Waals surface area contributed by atoms with Crippen LogP contribution in [0.3, 0.4) is 0 Å². The topological polar surface area (TPSA) is 41.1 Å². The van der Waals surface area contributed by atoms with Crippen molar-refractivity contribution in [2.75, 3.05) is 17.2 Å². The molecule has 3 nitrogen and oxygen atoms in total. The highest BCUT2D eigenvalue weighted by atomic mass is 32.1. The number of carbonyl (C=O) groups excluding carboxylic acids is 1. The van der Waals surface area contributed by atoms with Gasteiger partial charge in [-0.05, 0) is 48.1 Å². The van der Waals surface area contributed by atoms with Gasteiger partial charge in [-0.1, -0.05) is 0 Å². The largest absolute Gasteiger partial charge is 0.385 e. The van der Waals surface area contributed by atoms with Crippen LogP contribution in [-0.2, 0) is 6.42 Å². The van der Waals surface area contributed by atoms with E-state index in [0.29, 0.717) is 0 Å². The van der Waals surface area contributed by atoms with E-state index in [-0.39, 0.29) is 5.91 Å². The lowest BCUT2D eigenvalue weighted by Crippen LogP contribution is -2.14. The van der Waals surface area contributed by atoms with Gasteiger partial charge in [0, 0.05) is 23.3 Å². The van der Waals surface area contributed by atoms with Crippen LogP contribution < -0.4 is 10.6 Å². The summed E-state index contributed by atoms with van der Waals surface area (Å²) in [7, 11) is 0. The molecule has 1 amide bonds. The molecule has 0 bridgehead atoms. The van der Waals surface area contributed by atoms with Gasteiger partial charge < -0.3 is 10.6 Å². The molecule has 2 N–H and O–H groups in total. The predicted molar refractivity (Wildman–Crippen MR) is 75.5 cm³/mol. The molecule has 1 aliphatic rings. The molecule has 18 heavy (non-hydrogen) atoms. The molecule has 0 fully saturated rings. The highest BCUT2D eigenvalue weighted by Crippen LogP contribution is 2.25. The zero-order chi connectivity index (χ0) is 12.4. The summed E-state index contributed by atoms with van der Waals surface area (Å²) in [5.74, 6) is -0.0417. The molecule has 0 unspecified atom stereocenters. The first-order valence-corrected chi connectivity index (χ1v) is 6.97. The van der Waals surface area contributed by atoms with E-state index in [1.807, 2.05) is 29.0 Å². The fourth-order valence-corrected chi connectivity index (χ4v) is 2.79. The number of aryl methyl sites for hydroxylation is 1. The zero-order valence-corrected chi connectivity index (χ0v) is 10.7. The number of fused-ring (bicyclic) bond motifs is 1. The summed E-state index contributed by atoms with van der Waals surface area (Å²) < 4.78 is 0. The summed E-state index contributed by atoms with van der Waals surface area (Å²) in [6.07, 6.45) is 2.22. The van der Waals surface area contributed by atoms with Crippen LogP contribution in [0.1, 0.15) is 22.3 Å². The van der Waals surface area contributed by atoms with Crippen molar-refractivity contribution in [2.24, 2.45) is 0 Å². The third-order valence-electron chi connectivity index (χ3n) is 3.08. The van der Waals surface area contributed by atoms with E-state index in [1.165, 1.54) is 22.6 Å². The van der Waals surface area contributed by atoms with Crippen LogP contribution in [0.2, 0.25) is 0 Å². The lowest BCUT2D eigenvalue weighted by atomic mass is 10.0. The molecule has 2 aromatic rings. The molecule has 1 aromatic heterocycles. The van der Waals surface area contributed by atoms with E-state index in [9.17, 15) is 4.79 Å². The average molecular weight is 258 g/mol. The van der Waals surface area contributed by atoms with Crippen molar-refractivity contribution in [1.82, 2.24) is 0 Å². The second kappa shape index (κ2) is 4.82. The molecule has 0 aliphatic carbocycles. The Labute approximate surface area is 110 Å². The minimum absolute atomic E-state index is 0.0417. The van der Waals surface area contributed by atoms with Crippen molar-refractivity contribution in [3.63, 3.8) is 0 Å². The molecular weight excluding hydrogens is 244 g/mol. The first-order chi connectivity index (χ1) is 8.83. The van der Waals surface area contributed by atoms with E-state index < -0.39 is 0 Å². The number of nitrogens with one attached hydrogen (secondary N) is 2. The van der Waals surface area contributed by atoms with Crippen LogP contribution in [-0.4, -0.2) is 12.5 Å². The lowest BCUT2D eigenvalue weighted by Gasteiger charge is -2.18. The Hall–Kier alpha value is -1.81. The van der Waals surface area contributed by atoms with Gasteiger partial charge in [-0.25, -0.2) is 0 Å². The summed E-state index contributed by atoms with van der Waals surface area (Å²) in [4.78, 5) is 11.9. The number of amides is 1. The predicted octanol–water partition coefficient (Wildman–Crippen LogP) is 3.36. The maximum atomic E-state index is 11.9. The molecule has 0 saturated carbocycles. The second-order valence-electron chi connectivity index (χ2n) is 4.37. The fraction of sp³-hybridized carbons (Fsp3) is 0.214. The van der Waals surface area contributed by atoms with Gasteiger partial charge in [0.2, 0.25) is 0 Å². The second-order valence-corrected chi connectivity index (χ2v) is 5.15. The first kappa shape index (κ1) is 11.3. The Morgan fingerprint density at radius 1 is 1.33 bits per heavy atom. The van der Waals surface area contributed by atoms with Crippen LogP contribution in [0.25, 0.3) is 0 Å². The molecule has 0 spiro atoms. The number of rotatable bonds is 2. The standard InChI is InChI=1S/C14H14N2OS/c17-14(11-5-7-18-9-11)16-12-3-4-13-10(8-12)2-1-6-15-13/h3-5,7-9,15H,1-2,6H2,(H,16,17). The highest BCUT2D eigenvalue weighted by molar-refractivity contribution is 7.08. The van der Waals surface area contributed by atoms with Gasteiger partial charge in [-0.15, -0.1) is 0 Å². The molecule has 1 aliphatic heterocycles. The Kier molecular flexibility index (Phi) is 3.02. The summed E-state index contributed by atoms with van der Waals surface area (Å²) in [5, 5.41) is 10.1. The van der Waals surface area contributed by atoms with Gasteiger partial charge >= 0.3 is 0 Å². The van der Waals surface area contributed by atoms with E-state index in [0.717, 1.165) is 30.6 Å². The fourth-order valence-electron chi connectivity index (χ4n) is 2.15. The average Bonchev–Trinajstić information content (AvgIpc) is 2.92. The van der Waals surface area contributed by atoms with E-state index in [4.69, 9.17) is 0 Å². The van der Waals surface area contributed by atoms with Crippen LogP contribution in [0.4, 0.5) is 11.4 Å². The number of carbonyl (C=O) groups is 1. The van der Waals surface area contributed by atoms with Crippen molar-refractivity contribution < 1.29 is 4.79 Å². The maximum absolute atomic E-state index is 11.9. The molecular formula is C14H14N2OS. The summed E-state index contributed by atoms with van der Waals surface area (Å²) in [6, 6.07) is 7.88. The third kappa shape index (κ3) is 2.24. The lowest BCUT2D eigenvalue weighted by molar-refractivity contribution is 0.102. The number of anilines is 2. The Bertz CT molecular complexity index is 563. The normalized spacial score (nSPS) is 13.6. The Balaban J connectivity index is 1.79. The number of thiophene rings is 1. The quantitative estimate of drug-likeness (QED) is 0.867. The van der Waals surface area contributed by atoms with Gasteiger partial charge in [0.25, 0.3) is 5.91 Å². The van der Waals surface area contributed by atoms with Crippen LogP contribution in [0.15, 0.2) is 35.0 Å². The van der Waals surface area contributed by atoms with Crippen molar-refractivity contribution in [3.05, 3.63) is 46.2 Å². The summed E-state index contributed by atoms with van der Waals surface area (Å²) in [6.45, 7) is 1.04. The van der Waals surface area contributed by atoms with E-state index in [2.05, 4.69) is 16.7 Å². The molecule has 92 valence electrons. The summed E-state index contributed by atoms with van der Waals surface area (Å²) >= 11 is 1.53. The molecule has 0 saturated heterocycles. The minimum Gasteiger partial charge on any atom is -0.385 e. The molecule has 0 atom stereocenters. The molecule has 4 heteroatoms. The number of benzene rings is 1. The number of hydrogen-bond acceptors (Lipinski definition) is 3. The van der Waals surface area contributed by atoms with Crippen molar-refractivity contribution >= 4 is 28.6 Å². The minimum atomic E-state index is -0.0417. The molecule has 0 radical (unpaired) electrons. The Morgan fingerprint density at radius 2 is 2.28 bits per heavy atom. The van der Waals surface area contributed by atoms with Crippen LogP contribution in [0, 0.1) is 0 Å². The van der Waals surface area contributed by atoms with Gasteiger partial charge in [0.05, 0.1) is 5.56 Å². The van der Waals surface area contributed by atoms with Crippen molar-refractivity contribution in [2.45, 2.75) is 12.8 Å². The van der Waals surface area contributed by atoms with Gasteiger partial charge in [0.1, 0.15) is 0 Å². The molecule has 1 aromatic carbocycles. The molecule has 2 heterocycles. The number of hydrogen-bond donors (Lipinski definition) is 2. The van der Waals surface area contributed by atoms with Gasteiger partial charge in [-0.3, -0.25) is 4.79 Å². The van der Waals surface area contributed by atoms with E-state index >= 15 is 0 Å².